The van der Waals surface area contributed by atoms with Crippen molar-refractivity contribution in [3.63, 3.8) is 0 Å². The van der Waals surface area contributed by atoms with Gasteiger partial charge in [0.2, 0.25) is 5.91 Å². The number of carbonyl (C=O) groups is 2. The summed E-state index contributed by atoms with van der Waals surface area (Å²) in [4.78, 5) is 27.1. The molecule has 0 saturated carbocycles. The Hall–Kier alpha value is -3.67. The van der Waals surface area contributed by atoms with E-state index >= 15 is 0 Å². The standard InChI is InChI=1S/C22H21N3O3/c23-22(27)20-14-17(12-13-24-20)15-28-19-9-6-16(7-10-19)8-11-21(26)25-18-4-2-1-3-5-18/h1-7,9-10,12-14H,8,11,15H2,(H2,23,27)(H,25,26). The Labute approximate surface area is 163 Å². The fourth-order valence-corrected chi connectivity index (χ4v) is 2.62. The SMILES string of the molecule is NC(=O)c1cc(COc2ccc(CCC(=O)Nc3ccccc3)cc2)ccn1. The van der Waals surface area contributed by atoms with Crippen LogP contribution in [0.3, 0.4) is 0 Å². The number of aromatic nitrogens is 1. The summed E-state index contributed by atoms with van der Waals surface area (Å²) in [7, 11) is 0. The number of rotatable bonds is 8. The number of nitrogens with one attached hydrogen (secondary N) is 1. The highest BCUT2D eigenvalue weighted by Gasteiger charge is 2.05. The molecule has 0 spiro atoms. The third-order valence-electron chi connectivity index (χ3n) is 4.10. The Balaban J connectivity index is 1.47. The van der Waals surface area contributed by atoms with Crippen molar-refractivity contribution in [2.45, 2.75) is 19.4 Å². The van der Waals surface area contributed by atoms with Gasteiger partial charge in [-0.15, -0.1) is 0 Å². The molecule has 2 aromatic carbocycles. The normalized spacial score (nSPS) is 10.3. The van der Waals surface area contributed by atoms with Gasteiger partial charge in [0.1, 0.15) is 18.1 Å². The van der Waals surface area contributed by atoms with Crippen molar-refractivity contribution in [2.24, 2.45) is 5.73 Å². The first-order chi connectivity index (χ1) is 13.6. The van der Waals surface area contributed by atoms with Crippen LogP contribution in [0.4, 0.5) is 5.69 Å². The second-order valence-corrected chi connectivity index (χ2v) is 6.26. The highest BCUT2D eigenvalue weighted by molar-refractivity contribution is 5.91. The molecule has 28 heavy (non-hydrogen) atoms. The van der Waals surface area contributed by atoms with Gasteiger partial charge < -0.3 is 15.8 Å². The van der Waals surface area contributed by atoms with Crippen LogP contribution in [-0.2, 0) is 17.8 Å². The second-order valence-electron chi connectivity index (χ2n) is 6.26. The number of para-hydroxylation sites is 1. The quantitative estimate of drug-likeness (QED) is 0.631. The Morgan fingerprint density at radius 3 is 2.43 bits per heavy atom. The molecule has 6 nitrogen and oxygen atoms in total. The largest absolute Gasteiger partial charge is 0.489 e. The lowest BCUT2D eigenvalue weighted by atomic mass is 10.1. The van der Waals surface area contributed by atoms with E-state index in [1.165, 1.54) is 6.20 Å². The van der Waals surface area contributed by atoms with Gasteiger partial charge in [-0.2, -0.15) is 0 Å². The number of primary amides is 1. The van der Waals surface area contributed by atoms with Crippen molar-refractivity contribution in [3.8, 4) is 5.75 Å². The van der Waals surface area contributed by atoms with Crippen molar-refractivity contribution in [1.29, 1.82) is 0 Å². The molecule has 2 amide bonds. The van der Waals surface area contributed by atoms with E-state index in [4.69, 9.17) is 10.5 Å². The molecule has 142 valence electrons. The number of carbonyl (C=O) groups excluding carboxylic acids is 2. The third kappa shape index (κ3) is 5.67. The van der Waals surface area contributed by atoms with Crippen LogP contribution in [0, 0.1) is 0 Å². The van der Waals surface area contributed by atoms with Gasteiger partial charge in [-0.3, -0.25) is 14.6 Å². The number of ether oxygens (including phenoxy) is 1. The Morgan fingerprint density at radius 1 is 0.964 bits per heavy atom. The summed E-state index contributed by atoms with van der Waals surface area (Å²) in [5.41, 5.74) is 8.10. The smallest absolute Gasteiger partial charge is 0.267 e. The first-order valence-corrected chi connectivity index (χ1v) is 8.91. The van der Waals surface area contributed by atoms with Crippen LogP contribution in [-0.4, -0.2) is 16.8 Å². The number of pyridine rings is 1. The van der Waals surface area contributed by atoms with Crippen molar-refractivity contribution in [1.82, 2.24) is 4.98 Å². The number of nitrogens with zero attached hydrogens (tertiary/aromatic N) is 1. The zero-order valence-electron chi connectivity index (χ0n) is 15.3. The average Bonchev–Trinajstić information content (AvgIpc) is 2.72. The minimum Gasteiger partial charge on any atom is -0.489 e. The number of amides is 2. The fourth-order valence-electron chi connectivity index (χ4n) is 2.62. The van der Waals surface area contributed by atoms with E-state index in [0.717, 1.165) is 16.8 Å². The lowest BCUT2D eigenvalue weighted by Crippen LogP contribution is -2.13. The Bertz CT molecular complexity index is 941. The van der Waals surface area contributed by atoms with E-state index in [-0.39, 0.29) is 11.6 Å². The van der Waals surface area contributed by atoms with Crippen LogP contribution in [0.15, 0.2) is 72.9 Å². The maximum absolute atomic E-state index is 12.0. The summed E-state index contributed by atoms with van der Waals surface area (Å²) in [6.07, 6.45) is 2.58. The predicted molar refractivity (Wildman–Crippen MR) is 107 cm³/mol. The van der Waals surface area contributed by atoms with E-state index < -0.39 is 5.91 Å². The topological polar surface area (TPSA) is 94.3 Å². The van der Waals surface area contributed by atoms with Crippen LogP contribution in [0.5, 0.6) is 5.75 Å². The molecule has 0 bridgehead atoms. The van der Waals surface area contributed by atoms with Crippen molar-refractivity contribution >= 4 is 17.5 Å². The van der Waals surface area contributed by atoms with Gasteiger partial charge in [-0.25, -0.2) is 0 Å². The highest BCUT2D eigenvalue weighted by Crippen LogP contribution is 2.16. The zero-order valence-corrected chi connectivity index (χ0v) is 15.3. The number of hydrogen-bond donors (Lipinski definition) is 2. The number of hydrogen-bond acceptors (Lipinski definition) is 4. The number of benzene rings is 2. The summed E-state index contributed by atoms with van der Waals surface area (Å²) in [6.45, 7) is 0.307. The van der Waals surface area contributed by atoms with Crippen molar-refractivity contribution in [2.75, 3.05) is 5.32 Å². The molecule has 0 fully saturated rings. The summed E-state index contributed by atoms with van der Waals surface area (Å²) >= 11 is 0. The highest BCUT2D eigenvalue weighted by atomic mass is 16.5. The van der Waals surface area contributed by atoms with Gasteiger partial charge >= 0.3 is 0 Å². The maximum Gasteiger partial charge on any atom is 0.267 e. The molecule has 0 atom stereocenters. The van der Waals surface area contributed by atoms with E-state index in [9.17, 15) is 9.59 Å². The molecule has 0 aliphatic carbocycles. The van der Waals surface area contributed by atoms with E-state index in [1.807, 2.05) is 54.6 Å². The predicted octanol–water partition coefficient (Wildman–Crippen LogP) is 3.33. The first-order valence-electron chi connectivity index (χ1n) is 8.91. The first kappa shape index (κ1) is 19.1. The lowest BCUT2D eigenvalue weighted by molar-refractivity contribution is -0.116. The minimum absolute atomic E-state index is 0.0190. The summed E-state index contributed by atoms with van der Waals surface area (Å²) in [6, 6.07) is 20.4. The number of aryl methyl sites for hydroxylation is 1. The zero-order chi connectivity index (χ0) is 19.8. The van der Waals surface area contributed by atoms with Crippen LogP contribution in [0.25, 0.3) is 0 Å². The Morgan fingerprint density at radius 2 is 1.71 bits per heavy atom. The van der Waals surface area contributed by atoms with Crippen LogP contribution in [0.2, 0.25) is 0 Å². The monoisotopic (exact) mass is 375 g/mol. The van der Waals surface area contributed by atoms with Crippen molar-refractivity contribution in [3.05, 3.63) is 89.7 Å². The minimum atomic E-state index is -0.567. The molecule has 0 aliphatic heterocycles. The molecule has 3 rings (SSSR count). The van der Waals surface area contributed by atoms with Gasteiger partial charge in [0, 0.05) is 18.3 Å². The molecule has 3 aromatic rings. The molecule has 3 N–H and O–H groups in total. The van der Waals surface area contributed by atoms with Crippen LogP contribution < -0.4 is 15.8 Å². The second kappa shape index (κ2) is 9.32. The molecule has 1 heterocycles. The van der Waals surface area contributed by atoms with E-state index in [2.05, 4.69) is 10.3 Å². The van der Waals surface area contributed by atoms with Gasteiger partial charge in [0.15, 0.2) is 0 Å². The summed E-state index contributed by atoms with van der Waals surface area (Å²) < 4.78 is 5.73. The molecular formula is C22H21N3O3. The number of anilines is 1. The Kier molecular flexibility index (Phi) is 6.36. The summed E-state index contributed by atoms with van der Waals surface area (Å²) in [5.74, 6) is 0.117. The fraction of sp³-hybridized carbons (Fsp3) is 0.136. The third-order valence-corrected chi connectivity index (χ3v) is 4.10. The van der Waals surface area contributed by atoms with Gasteiger partial charge in [-0.1, -0.05) is 30.3 Å². The van der Waals surface area contributed by atoms with Gasteiger partial charge in [-0.05, 0) is 53.9 Å². The number of nitrogens with two attached hydrogens (primary N) is 1. The average molecular weight is 375 g/mol. The van der Waals surface area contributed by atoms with Crippen LogP contribution in [0.1, 0.15) is 28.0 Å². The molecular weight excluding hydrogens is 354 g/mol. The van der Waals surface area contributed by atoms with Gasteiger partial charge in [0.05, 0.1) is 0 Å². The molecule has 0 aliphatic rings. The van der Waals surface area contributed by atoms with E-state index in [1.54, 1.807) is 12.1 Å². The van der Waals surface area contributed by atoms with E-state index in [0.29, 0.717) is 25.2 Å². The lowest BCUT2D eigenvalue weighted by Gasteiger charge is -2.08. The summed E-state index contributed by atoms with van der Waals surface area (Å²) in [5, 5.41) is 2.87. The molecule has 1 aromatic heterocycles. The van der Waals surface area contributed by atoms with Gasteiger partial charge in [0.25, 0.3) is 5.91 Å². The maximum atomic E-state index is 12.0. The van der Waals surface area contributed by atoms with Crippen molar-refractivity contribution < 1.29 is 14.3 Å². The molecule has 0 unspecified atom stereocenters. The molecule has 0 radical (unpaired) electrons. The molecule has 0 saturated heterocycles. The van der Waals surface area contributed by atoms with Crippen LogP contribution >= 0.6 is 0 Å². The molecule has 6 heteroatoms.